The van der Waals surface area contributed by atoms with Crippen LogP contribution in [0.25, 0.3) is 5.95 Å². The fraction of sp³-hybridized carbons (Fsp3) is 0.0952. The lowest BCUT2D eigenvalue weighted by molar-refractivity contribution is 0.767. The summed E-state index contributed by atoms with van der Waals surface area (Å²) in [7, 11) is 0. The molecule has 4 rings (SSSR count). The third kappa shape index (κ3) is 5.53. The Bertz CT molecular complexity index is 1220. The molecule has 0 aliphatic carbocycles. The summed E-state index contributed by atoms with van der Waals surface area (Å²) >= 11 is 6.86. The van der Waals surface area contributed by atoms with Crippen LogP contribution in [0.1, 0.15) is 17.0 Å². The van der Waals surface area contributed by atoms with Crippen molar-refractivity contribution in [1.82, 2.24) is 24.7 Å². The molecule has 0 aliphatic heterocycles. The number of nitrogens with one attached hydrogen (secondary N) is 2. The second-order valence-electron chi connectivity index (χ2n) is 6.67. The van der Waals surface area contributed by atoms with E-state index in [9.17, 15) is 0 Å². The van der Waals surface area contributed by atoms with E-state index in [0.717, 1.165) is 31.6 Å². The van der Waals surface area contributed by atoms with Gasteiger partial charge in [0.1, 0.15) is 0 Å². The van der Waals surface area contributed by atoms with Gasteiger partial charge in [0.15, 0.2) is 0 Å². The molecule has 31 heavy (non-hydrogen) atoms. The summed E-state index contributed by atoms with van der Waals surface area (Å²) in [6.07, 6.45) is 1.70. The summed E-state index contributed by atoms with van der Waals surface area (Å²) in [5, 5.41) is 11.9. The average molecular weight is 542 g/mol. The first kappa shape index (κ1) is 21.1. The van der Waals surface area contributed by atoms with E-state index in [2.05, 4.69) is 67.8 Å². The third-order valence-electron chi connectivity index (χ3n) is 4.17. The standard InChI is InChI=1S/C21H18Br2N8/c1-13-11-14(2)31(30-13)21-27-19(25-18-9-7-17(23)8-10-18)26-20(28-21)29-24-12-15-3-5-16(22)6-4-15/h3-12H,1-2H3,(H2,25,26,27,28,29)/b24-12+. The Hall–Kier alpha value is -3.11. The molecule has 0 saturated carbocycles. The maximum Gasteiger partial charge on any atom is 0.257 e. The van der Waals surface area contributed by atoms with Crippen molar-refractivity contribution in [1.29, 1.82) is 0 Å². The molecule has 0 aliphatic rings. The maximum absolute atomic E-state index is 4.53. The minimum atomic E-state index is 0.297. The van der Waals surface area contributed by atoms with Gasteiger partial charge in [-0.1, -0.05) is 44.0 Å². The number of benzene rings is 2. The van der Waals surface area contributed by atoms with E-state index in [1.807, 2.05) is 68.4 Å². The van der Waals surface area contributed by atoms with Crippen LogP contribution in [0.5, 0.6) is 0 Å². The zero-order valence-corrected chi connectivity index (χ0v) is 19.9. The zero-order chi connectivity index (χ0) is 21.8. The molecule has 2 heterocycles. The number of hydrogen-bond donors (Lipinski definition) is 2. The normalized spacial score (nSPS) is 11.1. The van der Waals surface area contributed by atoms with Crippen LogP contribution in [0.4, 0.5) is 17.6 Å². The molecular formula is C21H18Br2N8. The first-order chi connectivity index (χ1) is 15.0. The van der Waals surface area contributed by atoms with Crippen molar-refractivity contribution in [2.75, 3.05) is 10.7 Å². The number of nitrogens with zero attached hydrogens (tertiary/aromatic N) is 6. The van der Waals surface area contributed by atoms with E-state index < -0.39 is 0 Å². The zero-order valence-electron chi connectivity index (χ0n) is 16.7. The molecule has 156 valence electrons. The first-order valence-electron chi connectivity index (χ1n) is 9.33. The van der Waals surface area contributed by atoms with Crippen LogP contribution in [-0.4, -0.2) is 30.9 Å². The van der Waals surface area contributed by atoms with Gasteiger partial charge in [-0.05, 0) is 61.9 Å². The SMILES string of the molecule is Cc1cc(C)n(-c2nc(N/N=C/c3ccc(Br)cc3)nc(Nc3ccc(Br)cc3)n2)n1. The molecule has 4 aromatic rings. The Labute approximate surface area is 196 Å². The third-order valence-corrected chi connectivity index (χ3v) is 5.23. The van der Waals surface area contributed by atoms with Gasteiger partial charge in [0.25, 0.3) is 5.95 Å². The summed E-state index contributed by atoms with van der Waals surface area (Å²) in [5.41, 5.74) is 6.47. The van der Waals surface area contributed by atoms with Gasteiger partial charge in [0.2, 0.25) is 11.9 Å². The van der Waals surface area contributed by atoms with E-state index in [4.69, 9.17) is 0 Å². The Kier molecular flexibility index (Phi) is 6.38. The highest BCUT2D eigenvalue weighted by Gasteiger charge is 2.12. The van der Waals surface area contributed by atoms with E-state index in [1.54, 1.807) is 10.9 Å². The van der Waals surface area contributed by atoms with E-state index >= 15 is 0 Å². The monoisotopic (exact) mass is 540 g/mol. The predicted octanol–water partition coefficient (Wildman–Crippen LogP) is 5.39. The van der Waals surface area contributed by atoms with Gasteiger partial charge >= 0.3 is 0 Å². The molecule has 2 aromatic heterocycles. The van der Waals surface area contributed by atoms with Gasteiger partial charge in [-0.2, -0.15) is 25.2 Å². The van der Waals surface area contributed by atoms with Crippen molar-refractivity contribution >= 4 is 55.7 Å². The number of rotatable bonds is 6. The Morgan fingerprint density at radius 1 is 0.871 bits per heavy atom. The highest BCUT2D eigenvalue weighted by molar-refractivity contribution is 9.10. The van der Waals surface area contributed by atoms with Crippen LogP contribution in [0.15, 0.2) is 68.6 Å². The summed E-state index contributed by atoms with van der Waals surface area (Å²) in [6, 6.07) is 17.5. The lowest BCUT2D eigenvalue weighted by Crippen LogP contribution is -2.11. The number of hydrazone groups is 1. The number of hydrogen-bond acceptors (Lipinski definition) is 7. The Balaban J connectivity index is 1.64. The number of halogens is 2. The molecule has 8 nitrogen and oxygen atoms in total. The van der Waals surface area contributed by atoms with Crippen LogP contribution in [-0.2, 0) is 0 Å². The minimum absolute atomic E-state index is 0.297. The maximum atomic E-state index is 4.53. The van der Waals surface area contributed by atoms with Crippen LogP contribution >= 0.6 is 31.9 Å². The molecule has 0 atom stereocenters. The van der Waals surface area contributed by atoms with E-state index in [1.165, 1.54) is 0 Å². The fourth-order valence-electron chi connectivity index (χ4n) is 2.77. The summed E-state index contributed by atoms with van der Waals surface area (Å²) < 4.78 is 3.67. The molecule has 0 fully saturated rings. The van der Waals surface area contributed by atoms with Crippen molar-refractivity contribution in [3.63, 3.8) is 0 Å². The average Bonchev–Trinajstić information content (AvgIpc) is 3.09. The van der Waals surface area contributed by atoms with E-state index in [-0.39, 0.29) is 0 Å². The molecule has 0 unspecified atom stereocenters. The van der Waals surface area contributed by atoms with Crippen molar-refractivity contribution < 1.29 is 0 Å². The fourth-order valence-corrected chi connectivity index (χ4v) is 3.30. The van der Waals surface area contributed by atoms with Crippen molar-refractivity contribution in [3.8, 4) is 5.95 Å². The predicted molar refractivity (Wildman–Crippen MR) is 129 cm³/mol. The van der Waals surface area contributed by atoms with Crippen molar-refractivity contribution in [3.05, 3.63) is 80.5 Å². The Morgan fingerprint density at radius 2 is 1.52 bits per heavy atom. The molecule has 0 amide bonds. The minimum Gasteiger partial charge on any atom is -0.324 e. The van der Waals surface area contributed by atoms with Gasteiger partial charge in [-0.15, -0.1) is 0 Å². The second kappa shape index (κ2) is 9.36. The van der Waals surface area contributed by atoms with Crippen LogP contribution < -0.4 is 10.7 Å². The topological polar surface area (TPSA) is 92.9 Å². The van der Waals surface area contributed by atoms with Gasteiger partial charge in [-0.3, -0.25) is 0 Å². The van der Waals surface area contributed by atoms with Gasteiger partial charge in [0, 0.05) is 20.3 Å². The number of anilines is 3. The number of aromatic nitrogens is 5. The smallest absolute Gasteiger partial charge is 0.257 e. The van der Waals surface area contributed by atoms with Crippen molar-refractivity contribution in [2.24, 2.45) is 5.10 Å². The molecule has 2 N–H and O–H groups in total. The molecule has 0 radical (unpaired) electrons. The second-order valence-corrected chi connectivity index (χ2v) is 8.51. The highest BCUT2D eigenvalue weighted by atomic mass is 79.9. The molecule has 10 heteroatoms. The summed E-state index contributed by atoms with van der Waals surface area (Å²) in [5.74, 6) is 1.06. The molecule has 0 saturated heterocycles. The van der Waals surface area contributed by atoms with Gasteiger partial charge in [0.05, 0.1) is 11.9 Å². The highest BCUT2D eigenvalue weighted by Crippen LogP contribution is 2.19. The van der Waals surface area contributed by atoms with Crippen LogP contribution in [0.2, 0.25) is 0 Å². The van der Waals surface area contributed by atoms with Crippen molar-refractivity contribution in [2.45, 2.75) is 13.8 Å². The van der Waals surface area contributed by atoms with E-state index in [0.29, 0.717) is 17.8 Å². The summed E-state index contributed by atoms with van der Waals surface area (Å²) in [4.78, 5) is 13.4. The lowest BCUT2D eigenvalue weighted by Gasteiger charge is -2.09. The molecule has 2 aromatic carbocycles. The van der Waals surface area contributed by atoms with Gasteiger partial charge < -0.3 is 5.32 Å². The lowest BCUT2D eigenvalue weighted by atomic mass is 10.2. The van der Waals surface area contributed by atoms with Crippen LogP contribution in [0.3, 0.4) is 0 Å². The van der Waals surface area contributed by atoms with Crippen LogP contribution in [0, 0.1) is 13.8 Å². The molecule has 0 spiro atoms. The number of aryl methyl sites for hydroxylation is 2. The molecule has 0 bridgehead atoms. The quantitative estimate of drug-likeness (QED) is 0.251. The Morgan fingerprint density at radius 3 is 2.16 bits per heavy atom. The first-order valence-corrected chi connectivity index (χ1v) is 10.9. The summed E-state index contributed by atoms with van der Waals surface area (Å²) in [6.45, 7) is 3.87. The molecular weight excluding hydrogens is 524 g/mol. The van der Waals surface area contributed by atoms with Gasteiger partial charge in [-0.25, -0.2) is 10.1 Å². The largest absolute Gasteiger partial charge is 0.324 e.